The summed E-state index contributed by atoms with van der Waals surface area (Å²) in [5, 5.41) is 1.14. The zero-order valence-electron chi connectivity index (χ0n) is 10.1. The molecular formula is C15H12Cl2O2. The van der Waals surface area contributed by atoms with Crippen molar-refractivity contribution in [2.24, 2.45) is 0 Å². The van der Waals surface area contributed by atoms with E-state index in [0.717, 1.165) is 11.1 Å². The van der Waals surface area contributed by atoms with Crippen molar-refractivity contribution in [1.82, 2.24) is 0 Å². The Morgan fingerprint density at radius 2 is 1.63 bits per heavy atom. The van der Waals surface area contributed by atoms with Gasteiger partial charge in [-0.15, -0.1) is 0 Å². The molecule has 2 nitrogen and oxygen atoms in total. The Bertz CT molecular complexity index is 535. The number of hydrogen-bond acceptors (Lipinski definition) is 2. The first-order valence-electron chi connectivity index (χ1n) is 5.79. The minimum absolute atomic E-state index is 0.393. The van der Waals surface area contributed by atoms with Gasteiger partial charge in [0.2, 0.25) is 0 Å². The first-order valence-corrected chi connectivity index (χ1v) is 6.55. The van der Waals surface area contributed by atoms with Gasteiger partial charge in [-0.3, -0.25) is 4.79 Å². The summed E-state index contributed by atoms with van der Waals surface area (Å²) in [5.74, 6) is 0. The van der Waals surface area contributed by atoms with E-state index in [2.05, 4.69) is 0 Å². The van der Waals surface area contributed by atoms with Crippen LogP contribution in [0.2, 0.25) is 10.0 Å². The molecule has 0 spiro atoms. The lowest BCUT2D eigenvalue weighted by Crippen LogP contribution is -2.07. The lowest BCUT2D eigenvalue weighted by molar-refractivity contribution is -0.133. The highest BCUT2D eigenvalue weighted by Crippen LogP contribution is 2.30. The van der Waals surface area contributed by atoms with E-state index in [1.807, 2.05) is 30.3 Å². The molecule has 2 rings (SSSR count). The van der Waals surface area contributed by atoms with Gasteiger partial charge in [0.25, 0.3) is 6.47 Å². The van der Waals surface area contributed by atoms with Crippen LogP contribution in [0.15, 0.2) is 48.5 Å². The topological polar surface area (TPSA) is 26.3 Å². The van der Waals surface area contributed by atoms with E-state index in [-0.39, 0.29) is 0 Å². The third-order valence-corrected chi connectivity index (χ3v) is 3.55. The van der Waals surface area contributed by atoms with Crippen molar-refractivity contribution in [3.8, 4) is 0 Å². The summed E-state index contributed by atoms with van der Waals surface area (Å²) in [6.45, 7) is 0.447. The maximum atomic E-state index is 10.7. The van der Waals surface area contributed by atoms with Crippen LogP contribution >= 0.6 is 23.2 Å². The fourth-order valence-corrected chi connectivity index (χ4v) is 2.44. The van der Waals surface area contributed by atoms with Gasteiger partial charge >= 0.3 is 0 Å². The van der Waals surface area contributed by atoms with E-state index >= 15 is 0 Å². The quantitative estimate of drug-likeness (QED) is 0.762. The van der Waals surface area contributed by atoms with Crippen LogP contribution in [-0.4, -0.2) is 6.47 Å². The number of benzene rings is 2. The third kappa shape index (κ3) is 3.49. The summed E-state index contributed by atoms with van der Waals surface area (Å²) in [7, 11) is 0. The van der Waals surface area contributed by atoms with E-state index in [0.29, 0.717) is 22.9 Å². The highest BCUT2D eigenvalue weighted by molar-refractivity contribution is 6.36. The second kappa shape index (κ2) is 6.60. The highest BCUT2D eigenvalue weighted by Gasteiger charge is 2.16. The van der Waals surface area contributed by atoms with Gasteiger partial charge in [-0.2, -0.15) is 0 Å². The minimum Gasteiger partial charge on any atom is -0.459 e. The van der Waals surface area contributed by atoms with Crippen LogP contribution in [0.5, 0.6) is 0 Å². The molecule has 0 heterocycles. The van der Waals surface area contributed by atoms with Crippen LogP contribution in [-0.2, 0) is 16.0 Å². The van der Waals surface area contributed by atoms with Gasteiger partial charge < -0.3 is 4.74 Å². The zero-order chi connectivity index (χ0) is 13.7. The van der Waals surface area contributed by atoms with E-state index in [9.17, 15) is 4.79 Å². The molecule has 4 heteroatoms. The van der Waals surface area contributed by atoms with Crippen molar-refractivity contribution in [3.63, 3.8) is 0 Å². The van der Waals surface area contributed by atoms with Gasteiger partial charge in [-0.25, -0.2) is 0 Å². The zero-order valence-corrected chi connectivity index (χ0v) is 11.6. The van der Waals surface area contributed by atoms with Crippen molar-refractivity contribution in [2.45, 2.75) is 12.5 Å². The molecule has 0 radical (unpaired) electrons. The van der Waals surface area contributed by atoms with Gasteiger partial charge in [0.05, 0.1) is 0 Å². The highest BCUT2D eigenvalue weighted by atomic mass is 35.5. The monoisotopic (exact) mass is 294 g/mol. The van der Waals surface area contributed by atoms with Gasteiger partial charge in [-0.05, 0) is 23.3 Å². The van der Waals surface area contributed by atoms with Crippen LogP contribution in [0.25, 0.3) is 0 Å². The molecule has 0 saturated carbocycles. The summed E-state index contributed by atoms with van der Waals surface area (Å²) in [6, 6.07) is 14.8. The van der Waals surface area contributed by atoms with E-state index in [1.165, 1.54) is 0 Å². The van der Waals surface area contributed by atoms with Crippen molar-refractivity contribution in [1.29, 1.82) is 0 Å². The smallest absolute Gasteiger partial charge is 0.293 e. The van der Waals surface area contributed by atoms with E-state index in [1.54, 1.807) is 18.2 Å². The van der Waals surface area contributed by atoms with Crippen molar-refractivity contribution in [2.75, 3.05) is 0 Å². The molecule has 0 aliphatic heterocycles. The Kier molecular flexibility index (Phi) is 4.83. The minimum atomic E-state index is -0.393. The first-order chi connectivity index (χ1) is 9.22. The van der Waals surface area contributed by atoms with Crippen LogP contribution in [0.1, 0.15) is 17.2 Å². The van der Waals surface area contributed by atoms with Gasteiger partial charge in [0, 0.05) is 16.5 Å². The molecule has 0 aromatic heterocycles. The number of hydrogen-bond donors (Lipinski definition) is 0. The molecule has 0 bridgehead atoms. The molecule has 1 atom stereocenters. The number of rotatable bonds is 5. The van der Waals surface area contributed by atoms with Gasteiger partial charge in [-0.1, -0.05) is 59.6 Å². The Hall–Kier alpha value is -1.51. The van der Waals surface area contributed by atoms with Crippen LogP contribution in [0.3, 0.4) is 0 Å². The molecule has 19 heavy (non-hydrogen) atoms. The predicted molar refractivity (Wildman–Crippen MR) is 76.5 cm³/mol. The predicted octanol–water partition coefficient (Wildman–Crippen LogP) is 4.45. The van der Waals surface area contributed by atoms with Crippen molar-refractivity contribution in [3.05, 3.63) is 69.7 Å². The second-order valence-electron chi connectivity index (χ2n) is 4.04. The number of halogens is 2. The molecule has 0 aliphatic carbocycles. The standard InChI is InChI=1S/C15H12Cl2O2/c16-13-7-4-8-14(17)12(13)9-15(19-10-18)11-5-2-1-3-6-11/h1-8,10,15H,9H2. The lowest BCUT2D eigenvalue weighted by Gasteiger charge is -2.17. The molecule has 2 aromatic carbocycles. The summed E-state index contributed by atoms with van der Waals surface area (Å²) in [4.78, 5) is 10.7. The number of ether oxygens (including phenoxy) is 1. The lowest BCUT2D eigenvalue weighted by atomic mass is 10.0. The maximum Gasteiger partial charge on any atom is 0.293 e. The summed E-state index contributed by atoms with van der Waals surface area (Å²) >= 11 is 12.3. The molecule has 0 fully saturated rings. The summed E-state index contributed by atoms with van der Waals surface area (Å²) in [5.41, 5.74) is 1.69. The summed E-state index contributed by atoms with van der Waals surface area (Å²) in [6.07, 6.45) is 0.0532. The fourth-order valence-electron chi connectivity index (χ4n) is 1.89. The molecule has 0 saturated heterocycles. The first kappa shape index (κ1) is 13.9. The Morgan fingerprint density at radius 3 is 2.21 bits per heavy atom. The fraction of sp³-hybridized carbons (Fsp3) is 0.133. The molecule has 0 N–H and O–H groups in total. The Labute approximate surface area is 121 Å². The molecular weight excluding hydrogens is 283 g/mol. The third-order valence-electron chi connectivity index (χ3n) is 2.84. The molecule has 0 aliphatic rings. The van der Waals surface area contributed by atoms with Crippen molar-refractivity contribution < 1.29 is 9.53 Å². The maximum absolute atomic E-state index is 10.7. The number of carbonyl (C=O) groups is 1. The average Bonchev–Trinajstić information content (AvgIpc) is 2.43. The van der Waals surface area contributed by atoms with Gasteiger partial charge in [0.1, 0.15) is 6.10 Å². The largest absolute Gasteiger partial charge is 0.459 e. The van der Waals surface area contributed by atoms with Crippen molar-refractivity contribution >= 4 is 29.7 Å². The molecule has 2 aromatic rings. The molecule has 0 amide bonds. The number of carbonyl (C=O) groups excluding carboxylic acids is 1. The normalized spacial score (nSPS) is 11.9. The molecule has 1 unspecified atom stereocenters. The second-order valence-corrected chi connectivity index (χ2v) is 4.85. The van der Waals surface area contributed by atoms with Crippen LogP contribution < -0.4 is 0 Å². The van der Waals surface area contributed by atoms with E-state index in [4.69, 9.17) is 27.9 Å². The SMILES string of the molecule is O=COC(Cc1c(Cl)cccc1Cl)c1ccccc1. The Balaban J connectivity index is 2.29. The van der Waals surface area contributed by atoms with Crippen LogP contribution in [0.4, 0.5) is 0 Å². The average molecular weight is 295 g/mol. The Morgan fingerprint density at radius 1 is 1.00 bits per heavy atom. The van der Waals surface area contributed by atoms with Gasteiger partial charge in [0.15, 0.2) is 0 Å². The summed E-state index contributed by atoms with van der Waals surface area (Å²) < 4.78 is 5.14. The van der Waals surface area contributed by atoms with E-state index < -0.39 is 6.10 Å². The molecule has 98 valence electrons. The van der Waals surface area contributed by atoms with Crippen LogP contribution in [0, 0.1) is 0 Å².